The average molecular weight is 183 g/mol. The highest BCUT2D eigenvalue weighted by Crippen LogP contribution is 2.12. The Hall–Kier alpha value is -1.20. The van der Waals surface area contributed by atoms with E-state index in [2.05, 4.69) is 10.2 Å². The summed E-state index contributed by atoms with van der Waals surface area (Å²) < 4.78 is 5.15. The van der Waals surface area contributed by atoms with Crippen molar-refractivity contribution in [1.82, 2.24) is 10.2 Å². The predicted molar refractivity (Wildman–Crippen MR) is 47.6 cm³/mol. The van der Waals surface area contributed by atoms with Gasteiger partial charge in [0, 0.05) is 0 Å². The summed E-state index contributed by atoms with van der Waals surface area (Å²) in [7, 11) is 0. The Kier molecular flexibility index (Phi) is 3.16. The topological polar surface area (TPSA) is 85.2 Å². The average Bonchev–Trinajstić information content (AvgIpc) is 2.52. The Balaban J connectivity index is 2.79. The molecule has 0 unspecified atom stereocenters. The number of aliphatic hydroxyl groups excluding tert-OH is 1. The van der Waals surface area contributed by atoms with Crippen LogP contribution in [0.25, 0.3) is 6.08 Å². The van der Waals surface area contributed by atoms with Gasteiger partial charge in [-0.2, -0.15) is 0 Å². The molecule has 1 aromatic heterocycles. The van der Waals surface area contributed by atoms with Crippen molar-refractivity contribution in [3.8, 4) is 0 Å². The minimum Gasteiger partial charge on any atom is -0.420 e. The number of nitrogens with zero attached hydrogens (tertiary/aromatic N) is 2. The van der Waals surface area contributed by atoms with Gasteiger partial charge in [-0.1, -0.05) is 6.08 Å². The Bertz CT molecular complexity index is 293. The first-order chi connectivity index (χ1) is 6.15. The van der Waals surface area contributed by atoms with Crippen molar-refractivity contribution < 1.29 is 9.52 Å². The summed E-state index contributed by atoms with van der Waals surface area (Å²) in [5.74, 6) is 0.650. The Labute approximate surface area is 76.3 Å². The molecule has 5 heteroatoms. The number of aromatic nitrogens is 2. The van der Waals surface area contributed by atoms with Gasteiger partial charge in [-0.05, 0) is 19.9 Å². The van der Waals surface area contributed by atoms with E-state index in [-0.39, 0.29) is 5.89 Å². The molecule has 5 nitrogen and oxygen atoms in total. The Morgan fingerprint density at radius 2 is 2.23 bits per heavy atom. The van der Waals surface area contributed by atoms with Crippen molar-refractivity contribution in [3.63, 3.8) is 0 Å². The minimum atomic E-state index is -0.695. The lowest BCUT2D eigenvalue weighted by Crippen LogP contribution is -2.23. The van der Waals surface area contributed by atoms with Crippen molar-refractivity contribution in [2.24, 2.45) is 5.73 Å². The predicted octanol–water partition coefficient (Wildman–Crippen LogP) is 0.483. The van der Waals surface area contributed by atoms with Gasteiger partial charge in [0.1, 0.15) is 6.04 Å². The van der Waals surface area contributed by atoms with Crippen LogP contribution in [0.1, 0.15) is 31.7 Å². The van der Waals surface area contributed by atoms with E-state index in [1.165, 1.54) is 0 Å². The van der Waals surface area contributed by atoms with Crippen LogP contribution in [-0.2, 0) is 0 Å². The summed E-state index contributed by atoms with van der Waals surface area (Å²) in [6, 6.07) is -0.619. The lowest BCUT2D eigenvalue weighted by molar-refractivity contribution is 0.150. The molecular weight excluding hydrogens is 170 g/mol. The number of hydrogen-bond acceptors (Lipinski definition) is 5. The summed E-state index contributed by atoms with van der Waals surface area (Å²) in [4.78, 5) is 0. The van der Waals surface area contributed by atoms with Crippen molar-refractivity contribution >= 4 is 6.08 Å². The second kappa shape index (κ2) is 4.15. The molecular formula is C8H13N3O2. The van der Waals surface area contributed by atoms with Gasteiger partial charge >= 0.3 is 0 Å². The van der Waals surface area contributed by atoms with Crippen LogP contribution in [0.4, 0.5) is 0 Å². The van der Waals surface area contributed by atoms with Crippen molar-refractivity contribution in [1.29, 1.82) is 0 Å². The second-order valence-corrected chi connectivity index (χ2v) is 2.74. The highest BCUT2D eigenvalue weighted by atomic mass is 16.4. The minimum absolute atomic E-state index is 0.253. The number of nitrogens with two attached hydrogens (primary N) is 1. The van der Waals surface area contributed by atoms with Crippen LogP contribution in [0, 0.1) is 0 Å². The normalized spacial score (nSPS) is 16.3. The summed E-state index contributed by atoms with van der Waals surface area (Å²) in [6.07, 6.45) is 2.76. The Morgan fingerprint density at radius 1 is 1.54 bits per heavy atom. The molecule has 0 bridgehead atoms. The van der Waals surface area contributed by atoms with Gasteiger partial charge in [0.05, 0.1) is 6.10 Å². The van der Waals surface area contributed by atoms with E-state index in [0.29, 0.717) is 5.89 Å². The van der Waals surface area contributed by atoms with Crippen molar-refractivity contribution in [2.75, 3.05) is 0 Å². The van der Waals surface area contributed by atoms with E-state index in [1.807, 2.05) is 6.92 Å². The van der Waals surface area contributed by atoms with Gasteiger partial charge in [-0.25, -0.2) is 0 Å². The molecule has 0 fully saturated rings. The fourth-order valence-corrected chi connectivity index (χ4v) is 0.798. The van der Waals surface area contributed by atoms with Gasteiger partial charge in [0.25, 0.3) is 0 Å². The van der Waals surface area contributed by atoms with Crippen molar-refractivity contribution in [2.45, 2.75) is 26.0 Å². The molecule has 72 valence electrons. The van der Waals surface area contributed by atoms with Crippen LogP contribution in [0.3, 0.4) is 0 Å². The molecule has 0 saturated carbocycles. The number of rotatable bonds is 3. The van der Waals surface area contributed by atoms with Gasteiger partial charge in [-0.15, -0.1) is 10.2 Å². The van der Waals surface area contributed by atoms with Gasteiger partial charge < -0.3 is 15.3 Å². The number of aliphatic hydroxyl groups is 1. The third kappa shape index (κ3) is 2.37. The SMILES string of the molecule is C/C=C/c1nnc([C@H](N)[C@H](C)O)o1. The van der Waals surface area contributed by atoms with Gasteiger partial charge in [0.2, 0.25) is 11.8 Å². The molecule has 0 aliphatic carbocycles. The summed E-state index contributed by atoms with van der Waals surface area (Å²) in [5.41, 5.74) is 5.58. The molecule has 0 amide bonds. The summed E-state index contributed by atoms with van der Waals surface area (Å²) in [6.45, 7) is 3.42. The van der Waals surface area contributed by atoms with Crippen LogP contribution in [0.5, 0.6) is 0 Å². The fraction of sp³-hybridized carbons (Fsp3) is 0.500. The quantitative estimate of drug-likeness (QED) is 0.712. The lowest BCUT2D eigenvalue weighted by Gasteiger charge is -2.08. The first kappa shape index (κ1) is 9.88. The molecule has 13 heavy (non-hydrogen) atoms. The van der Waals surface area contributed by atoms with Crippen molar-refractivity contribution in [3.05, 3.63) is 17.9 Å². The van der Waals surface area contributed by atoms with Crippen LogP contribution in [0.15, 0.2) is 10.5 Å². The second-order valence-electron chi connectivity index (χ2n) is 2.74. The first-order valence-electron chi connectivity index (χ1n) is 4.05. The van der Waals surface area contributed by atoms with Gasteiger partial charge in [0.15, 0.2) is 0 Å². The van der Waals surface area contributed by atoms with Gasteiger partial charge in [-0.3, -0.25) is 0 Å². The number of allylic oxidation sites excluding steroid dienone is 1. The molecule has 0 aliphatic rings. The smallest absolute Gasteiger partial charge is 0.240 e. The zero-order chi connectivity index (χ0) is 9.84. The molecule has 1 heterocycles. The summed E-state index contributed by atoms with van der Waals surface area (Å²) >= 11 is 0. The van der Waals surface area contributed by atoms with Crippen LogP contribution < -0.4 is 5.73 Å². The maximum atomic E-state index is 9.14. The van der Waals surface area contributed by atoms with E-state index in [1.54, 1.807) is 19.1 Å². The lowest BCUT2D eigenvalue weighted by atomic mass is 10.2. The largest absolute Gasteiger partial charge is 0.420 e. The molecule has 1 rings (SSSR count). The molecule has 1 aromatic rings. The van der Waals surface area contributed by atoms with Crippen LogP contribution in [-0.4, -0.2) is 21.4 Å². The standard InChI is InChI=1S/C8H13N3O2/c1-3-4-6-10-11-8(13-6)7(9)5(2)12/h3-5,7,12H,9H2,1-2H3/b4-3+/t5-,7+/m0/s1. The molecule has 2 atom stereocenters. The van der Waals surface area contributed by atoms with E-state index >= 15 is 0 Å². The van der Waals surface area contributed by atoms with Crippen LogP contribution >= 0.6 is 0 Å². The maximum Gasteiger partial charge on any atom is 0.240 e. The molecule has 3 N–H and O–H groups in total. The van der Waals surface area contributed by atoms with E-state index in [4.69, 9.17) is 15.3 Å². The third-order valence-corrected chi connectivity index (χ3v) is 1.57. The fourth-order valence-electron chi connectivity index (χ4n) is 0.798. The molecule has 0 spiro atoms. The number of hydrogen-bond donors (Lipinski definition) is 2. The summed E-state index contributed by atoms with van der Waals surface area (Å²) in [5, 5.41) is 16.6. The Morgan fingerprint density at radius 3 is 2.77 bits per heavy atom. The highest BCUT2D eigenvalue weighted by Gasteiger charge is 2.18. The third-order valence-electron chi connectivity index (χ3n) is 1.57. The molecule has 0 radical (unpaired) electrons. The maximum absolute atomic E-state index is 9.14. The molecule has 0 saturated heterocycles. The molecule has 0 aromatic carbocycles. The van der Waals surface area contributed by atoms with E-state index < -0.39 is 12.1 Å². The monoisotopic (exact) mass is 183 g/mol. The van der Waals surface area contributed by atoms with E-state index in [0.717, 1.165) is 0 Å². The zero-order valence-corrected chi connectivity index (χ0v) is 7.64. The highest BCUT2D eigenvalue weighted by molar-refractivity contribution is 5.35. The van der Waals surface area contributed by atoms with E-state index in [9.17, 15) is 0 Å². The van der Waals surface area contributed by atoms with Crippen LogP contribution in [0.2, 0.25) is 0 Å². The molecule has 0 aliphatic heterocycles. The zero-order valence-electron chi connectivity index (χ0n) is 7.64. The first-order valence-corrected chi connectivity index (χ1v) is 4.05.